The van der Waals surface area contributed by atoms with E-state index in [1.807, 2.05) is 0 Å². The number of phenols is 1. The average molecular weight is 465 g/mol. The van der Waals surface area contributed by atoms with E-state index in [0.717, 1.165) is 0 Å². The van der Waals surface area contributed by atoms with E-state index in [1.54, 1.807) is 30.4 Å². The van der Waals surface area contributed by atoms with Gasteiger partial charge >= 0.3 is 0 Å². The lowest BCUT2D eigenvalue weighted by molar-refractivity contribution is 0.106. The fraction of sp³-hybridized carbons (Fsp3) is 0.231. The van der Waals surface area contributed by atoms with E-state index in [4.69, 9.17) is 30.1 Å². The highest BCUT2D eigenvalue weighted by atomic mass is 16.5. The molecule has 0 bridgehead atoms. The number of benzene rings is 2. The third-order valence-electron chi connectivity index (χ3n) is 4.67. The zero-order valence-electron chi connectivity index (χ0n) is 19.6. The molecule has 0 saturated heterocycles. The minimum Gasteiger partial charge on any atom is -0.508 e. The Kier molecular flexibility index (Phi) is 9.74. The zero-order valence-corrected chi connectivity index (χ0v) is 19.6. The van der Waals surface area contributed by atoms with Crippen molar-refractivity contribution in [2.24, 2.45) is 5.73 Å². The van der Waals surface area contributed by atoms with Gasteiger partial charge in [0.05, 0.1) is 27.9 Å². The molecule has 0 aliphatic carbocycles. The Morgan fingerprint density at radius 1 is 1.09 bits per heavy atom. The number of aromatic hydroxyl groups is 1. The largest absolute Gasteiger partial charge is 0.508 e. The van der Waals surface area contributed by atoms with Crippen molar-refractivity contribution < 1.29 is 28.8 Å². The zero-order chi connectivity index (χ0) is 25.1. The molecule has 0 atom stereocenters. The Morgan fingerprint density at radius 3 is 2.32 bits per heavy atom. The molecule has 0 heterocycles. The molecule has 4 N–H and O–H groups in total. The van der Waals surface area contributed by atoms with Crippen LogP contribution < -0.4 is 19.9 Å². The first-order chi connectivity index (χ1) is 16.4. The summed E-state index contributed by atoms with van der Waals surface area (Å²) in [6, 6.07) is 9.47. The van der Waals surface area contributed by atoms with Gasteiger partial charge < -0.3 is 29.8 Å². The van der Waals surface area contributed by atoms with Gasteiger partial charge in [0.25, 0.3) is 0 Å². The van der Waals surface area contributed by atoms with Crippen LogP contribution >= 0.6 is 0 Å². The molecule has 0 spiro atoms. The first kappa shape index (κ1) is 26.0. The summed E-state index contributed by atoms with van der Waals surface area (Å²) < 4.78 is 20.9. The molecule has 0 fully saturated rings. The summed E-state index contributed by atoms with van der Waals surface area (Å²) in [5.41, 5.74) is 7.18. The lowest BCUT2D eigenvalue weighted by Crippen LogP contribution is -2.19. The van der Waals surface area contributed by atoms with Gasteiger partial charge in [-0.25, -0.2) is 0 Å². The topological polar surface area (TPSA) is 124 Å². The van der Waals surface area contributed by atoms with E-state index in [0.29, 0.717) is 22.8 Å². The van der Waals surface area contributed by atoms with E-state index >= 15 is 0 Å². The SMILES string of the molecule is COC/C=C\C(C(=N)C(=O)c1cc(OC)c(OC)c(OC)c1)=C(\N)CC#Cc1cccc(O)c1. The molecule has 0 unspecified atom stereocenters. The van der Waals surface area contributed by atoms with Crippen molar-refractivity contribution in [1.29, 1.82) is 5.41 Å². The average Bonchev–Trinajstić information content (AvgIpc) is 2.84. The van der Waals surface area contributed by atoms with Crippen LogP contribution in [0.15, 0.2) is 59.8 Å². The van der Waals surface area contributed by atoms with Crippen molar-refractivity contribution in [2.45, 2.75) is 6.42 Å². The predicted molar refractivity (Wildman–Crippen MR) is 130 cm³/mol. The smallest absolute Gasteiger partial charge is 0.211 e. The third kappa shape index (κ3) is 6.64. The summed E-state index contributed by atoms with van der Waals surface area (Å²) in [6.45, 7) is 0.275. The quantitative estimate of drug-likeness (QED) is 0.213. The Hall–Kier alpha value is -4.22. The van der Waals surface area contributed by atoms with Crippen LogP contribution in [0.5, 0.6) is 23.0 Å². The number of methoxy groups -OCH3 is 4. The Labute approximate surface area is 199 Å². The molecule has 0 radical (unpaired) electrons. The molecule has 0 aliphatic heterocycles. The van der Waals surface area contributed by atoms with E-state index < -0.39 is 5.78 Å². The second-order valence-corrected chi connectivity index (χ2v) is 6.94. The van der Waals surface area contributed by atoms with Crippen LogP contribution in [0.1, 0.15) is 22.3 Å². The molecule has 178 valence electrons. The summed E-state index contributed by atoms with van der Waals surface area (Å²) in [4.78, 5) is 13.2. The van der Waals surface area contributed by atoms with Gasteiger partial charge in [-0.05, 0) is 30.3 Å². The maximum atomic E-state index is 13.2. The molecule has 2 rings (SSSR count). The van der Waals surface area contributed by atoms with Gasteiger partial charge in [0.2, 0.25) is 11.5 Å². The van der Waals surface area contributed by atoms with Crippen molar-refractivity contribution in [3.8, 4) is 34.8 Å². The molecule has 34 heavy (non-hydrogen) atoms. The summed E-state index contributed by atoms with van der Waals surface area (Å²) in [7, 11) is 5.88. The molecular weight excluding hydrogens is 436 g/mol. The predicted octanol–water partition coefficient (Wildman–Crippen LogP) is 3.48. The fourth-order valence-electron chi connectivity index (χ4n) is 3.01. The fourth-order valence-corrected chi connectivity index (χ4v) is 3.01. The minimum atomic E-state index is -0.583. The number of rotatable bonds is 10. The highest BCUT2D eigenvalue weighted by molar-refractivity contribution is 6.51. The van der Waals surface area contributed by atoms with Gasteiger partial charge in [-0.15, -0.1) is 0 Å². The molecule has 0 amide bonds. The number of Topliss-reactive ketones (excluding diaryl/α,β-unsaturated/α-hetero) is 1. The number of allylic oxidation sites excluding steroid dienone is 3. The number of nitrogens with one attached hydrogen (secondary N) is 1. The van der Waals surface area contributed by atoms with Gasteiger partial charge in [-0.1, -0.05) is 30.1 Å². The van der Waals surface area contributed by atoms with E-state index in [1.165, 1.54) is 46.6 Å². The van der Waals surface area contributed by atoms with E-state index in [9.17, 15) is 9.90 Å². The van der Waals surface area contributed by atoms with Crippen LogP contribution in [-0.4, -0.2) is 51.6 Å². The summed E-state index contributed by atoms with van der Waals surface area (Å²) in [5.74, 6) is 6.27. The van der Waals surface area contributed by atoms with E-state index in [2.05, 4.69) is 11.8 Å². The van der Waals surface area contributed by atoms with Crippen molar-refractivity contribution >= 4 is 11.5 Å². The van der Waals surface area contributed by atoms with Gasteiger partial charge in [0, 0.05) is 35.9 Å². The lowest BCUT2D eigenvalue weighted by atomic mass is 9.97. The third-order valence-corrected chi connectivity index (χ3v) is 4.67. The van der Waals surface area contributed by atoms with Crippen molar-refractivity contribution in [3.05, 3.63) is 70.9 Å². The van der Waals surface area contributed by atoms with Gasteiger partial charge in [0.1, 0.15) is 11.5 Å². The van der Waals surface area contributed by atoms with Crippen LogP contribution in [0.25, 0.3) is 0 Å². The highest BCUT2D eigenvalue weighted by Gasteiger charge is 2.22. The lowest BCUT2D eigenvalue weighted by Gasteiger charge is -2.14. The number of nitrogens with two attached hydrogens (primary N) is 1. The summed E-state index contributed by atoms with van der Waals surface area (Å²) in [6.07, 6.45) is 3.32. The normalized spacial score (nSPS) is 11.3. The second-order valence-electron chi connectivity index (χ2n) is 6.94. The molecular formula is C26H28N2O6. The number of ether oxygens (including phenoxy) is 4. The van der Waals surface area contributed by atoms with Gasteiger partial charge in [-0.3, -0.25) is 10.2 Å². The maximum Gasteiger partial charge on any atom is 0.211 e. The molecule has 8 heteroatoms. The van der Waals surface area contributed by atoms with Crippen molar-refractivity contribution in [3.63, 3.8) is 0 Å². The highest BCUT2D eigenvalue weighted by Crippen LogP contribution is 2.38. The number of ketones is 1. The number of carbonyl (C=O) groups is 1. The Morgan fingerprint density at radius 2 is 1.76 bits per heavy atom. The molecule has 8 nitrogen and oxygen atoms in total. The number of phenolic OH excluding ortho intramolecular Hbond substituents is 1. The van der Waals surface area contributed by atoms with Crippen LogP contribution in [0.4, 0.5) is 0 Å². The number of hydrogen-bond donors (Lipinski definition) is 3. The van der Waals surface area contributed by atoms with Gasteiger partial charge in [0.15, 0.2) is 11.5 Å². The maximum absolute atomic E-state index is 13.2. The minimum absolute atomic E-state index is 0.104. The summed E-state index contributed by atoms with van der Waals surface area (Å²) in [5, 5.41) is 18.1. The van der Waals surface area contributed by atoms with Crippen molar-refractivity contribution in [1.82, 2.24) is 0 Å². The molecule has 0 saturated carbocycles. The second kappa shape index (κ2) is 12.7. The Balaban J connectivity index is 2.42. The molecule has 0 aromatic heterocycles. The van der Waals surface area contributed by atoms with Crippen LogP contribution in [0, 0.1) is 17.3 Å². The Bertz CT molecular complexity index is 1150. The van der Waals surface area contributed by atoms with Gasteiger partial charge in [-0.2, -0.15) is 0 Å². The van der Waals surface area contributed by atoms with E-state index in [-0.39, 0.29) is 41.3 Å². The number of carbonyl (C=O) groups excluding carboxylic acids is 1. The first-order valence-electron chi connectivity index (χ1n) is 10.2. The van der Waals surface area contributed by atoms with Crippen molar-refractivity contribution in [2.75, 3.05) is 35.0 Å². The standard InChI is InChI=1S/C26H28N2O6/c1-31-13-7-11-20(21(27)12-6-9-17-8-5-10-19(29)14-17)24(28)25(30)18-15-22(32-2)26(34-4)23(16-18)33-3/h5,7-8,10-11,14-16,28-29H,12-13,27H2,1-4H3/b11-7-,21-20-,28-24?. The van der Waals surface area contributed by atoms with Crippen LogP contribution in [-0.2, 0) is 4.74 Å². The number of hydrogen-bond acceptors (Lipinski definition) is 8. The molecule has 0 aliphatic rings. The van der Waals surface area contributed by atoms with Crippen LogP contribution in [0.3, 0.4) is 0 Å². The molecule has 2 aromatic rings. The first-order valence-corrected chi connectivity index (χ1v) is 10.2. The molecule has 2 aromatic carbocycles. The monoisotopic (exact) mass is 464 g/mol. The summed E-state index contributed by atoms with van der Waals surface area (Å²) >= 11 is 0. The van der Waals surface area contributed by atoms with Crippen LogP contribution in [0.2, 0.25) is 0 Å².